The molecule has 1 fully saturated rings. The topological polar surface area (TPSA) is 62.9 Å². The number of aliphatic hydroxyl groups is 1. The van der Waals surface area contributed by atoms with Crippen molar-refractivity contribution in [1.82, 2.24) is 4.90 Å². The van der Waals surface area contributed by atoms with Crippen LogP contribution in [0.2, 0.25) is 0 Å². The van der Waals surface area contributed by atoms with Crippen LogP contribution in [0.4, 0.5) is 0 Å². The summed E-state index contributed by atoms with van der Waals surface area (Å²) in [5.74, 6) is 0.431. The fraction of sp³-hybridized carbons (Fsp3) is 0.500. The lowest BCUT2D eigenvalue weighted by atomic mass is 9.94. The summed E-state index contributed by atoms with van der Waals surface area (Å²) in [4.78, 5) is 13.5. The summed E-state index contributed by atoms with van der Waals surface area (Å²) in [5.41, 5.74) is -0.843. The predicted octanol–water partition coefficient (Wildman–Crippen LogP) is 2.06. The quantitative estimate of drug-likeness (QED) is 0.850. The number of nitrogens with zero attached hydrogens (tertiary/aromatic N) is 1. The molecular formula is C14H18BrNO4. The van der Waals surface area contributed by atoms with E-state index in [9.17, 15) is 9.90 Å². The van der Waals surface area contributed by atoms with E-state index in [2.05, 4.69) is 15.9 Å². The predicted molar refractivity (Wildman–Crippen MR) is 78.1 cm³/mol. The second kappa shape index (κ2) is 6.56. The number of ether oxygens (including phenoxy) is 1. The van der Waals surface area contributed by atoms with E-state index in [-0.39, 0.29) is 5.91 Å². The van der Waals surface area contributed by atoms with Crippen molar-refractivity contribution >= 4 is 27.9 Å². The normalized spacial score (nSPS) is 18.4. The number of carbonyl (C=O) groups is 1. The number of carbonyl (C=O) groups excluding carboxylic acids is 1. The third-order valence-electron chi connectivity index (χ3n) is 3.32. The lowest BCUT2D eigenvalue weighted by Gasteiger charge is -2.35. The van der Waals surface area contributed by atoms with Gasteiger partial charge in [0.2, 0.25) is 5.91 Å². The first kappa shape index (κ1) is 15.3. The first-order chi connectivity index (χ1) is 9.48. The molecule has 20 heavy (non-hydrogen) atoms. The zero-order valence-corrected chi connectivity index (χ0v) is 12.9. The Morgan fingerprint density at radius 1 is 1.50 bits per heavy atom. The minimum atomic E-state index is -0.843. The Kier molecular flexibility index (Phi) is 5.01. The van der Waals surface area contributed by atoms with E-state index in [1.54, 1.807) is 25.3 Å². The molecule has 2 rings (SSSR count). The zero-order chi connectivity index (χ0) is 14.6. The number of rotatable bonds is 4. The molecule has 0 aromatic carbocycles. The van der Waals surface area contributed by atoms with Crippen LogP contribution in [-0.4, -0.2) is 48.3 Å². The number of amides is 1. The van der Waals surface area contributed by atoms with Gasteiger partial charge in [-0.25, -0.2) is 0 Å². The van der Waals surface area contributed by atoms with Crippen molar-refractivity contribution < 1.29 is 19.1 Å². The molecule has 1 saturated heterocycles. The number of halogens is 1. The van der Waals surface area contributed by atoms with Gasteiger partial charge < -0.3 is 19.2 Å². The van der Waals surface area contributed by atoms with Gasteiger partial charge in [0.25, 0.3) is 0 Å². The van der Waals surface area contributed by atoms with Crippen molar-refractivity contribution in [2.45, 2.75) is 18.4 Å². The van der Waals surface area contributed by atoms with E-state index in [1.807, 2.05) is 0 Å². The van der Waals surface area contributed by atoms with Crippen LogP contribution in [0, 0.1) is 0 Å². The van der Waals surface area contributed by atoms with Gasteiger partial charge in [0.1, 0.15) is 5.76 Å². The Labute approximate surface area is 126 Å². The highest BCUT2D eigenvalue weighted by atomic mass is 79.9. The first-order valence-corrected chi connectivity index (χ1v) is 7.26. The maximum atomic E-state index is 12.0. The molecular weight excluding hydrogens is 326 g/mol. The van der Waals surface area contributed by atoms with Gasteiger partial charge in [0, 0.05) is 45.7 Å². The molecule has 0 spiro atoms. The summed E-state index contributed by atoms with van der Waals surface area (Å²) in [7, 11) is 1.68. The fourth-order valence-electron chi connectivity index (χ4n) is 2.13. The molecule has 1 aromatic heterocycles. The number of furan rings is 1. The zero-order valence-electron chi connectivity index (χ0n) is 11.3. The van der Waals surface area contributed by atoms with Gasteiger partial charge in [-0.3, -0.25) is 4.79 Å². The molecule has 0 radical (unpaired) electrons. The molecule has 1 N–H and O–H groups in total. The van der Waals surface area contributed by atoms with Crippen molar-refractivity contribution in [3.63, 3.8) is 0 Å². The summed E-state index contributed by atoms with van der Waals surface area (Å²) in [6, 6.07) is 3.53. The maximum absolute atomic E-state index is 12.0. The standard InChI is InChI=1S/C14H18BrNO4/c1-16(10-14(18)6-8-19-9-7-14)13(17)5-3-11-2-4-12(15)20-11/h2-5,18H,6-10H2,1H3/b5-3+. The van der Waals surface area contributed by atoms with Crippen LogP contribution in [0.25, 0.3) is 6.08 Å². The number of hydrogen-bond acceptors (Lipinski definition) is 4. The molecule has 1 amide bonds. The maximum Gasteiger partial charge on any atom is 0.246 e. The highest BCUT2D eigenvalue weighted by molar-refractivity contribution is 9.10. The van der Waals surface area contributed by atoms with Gasteiger partial charge in [-0.05, 0) is 34.1 Å². The van der Waals surface area contributed by atoms with Crippen LogP contribution in [0.1, 0.15) is 18.6 Å². The van der Waals surface area contributed by atoms with Crippen molar-refractivity contribution in [2.75, 3.05) is 26.8 Å². The van der Waals surface area contributed by atoms with Crippen molar-refractivity contribution in [3.8, 4) is 0 Å². The largest absolute Gasteiger partial charge is 0.450 e. The van der Waals surface area contributed by atoms with E-state index >= 15 is 0 Å². The number of likely N-dealkylation sites (N-methyl/N-ethyl adjacent to an activating group) is 1. The Morgan fingerprint density at radius 2 is 2.20 bits per heavy atom. The Morgan fingerprint density at radius 3 is 2.80 bits per heavy atom. The second-order valence-electron chi connectivity index (χ2n) is 5.01. The third-order valence-corrected chi connectivity index (χ3v) is 3.74. The van der Waals surface area contributed by atoms with Crippen molar-refractivity contribution in [3.05, 3.63) is 28.6 Å². The molecule has 2 heterocycles. The molecule has 0 aliphatic carbocycles. The molecule has 1 aliphatic rings. The van der Waals surface area contributed by atoms with E-state index in [1.165, 1.54) is 11.0 Å². The molecule has 0 bridgehead atoms. The SMILES string of the molecule is CN(CC1(O)CCOCC1)C(=O)/C=C/c1ccc(Br)o1. The minimum absolute atomic E-state index is 0.169. The first-order valence-electron chi connectivity index (χ1n) is 6.47. The molecule has 0 saturated carbocycles. The van der Waals surface area contributed by atoms with Gasteiger partial charge in [-0.1, -0.05) is 0 Å². The molecule has 1 aromatic rings. The van der Waals surface area contributed by atoms with Crippen LogP contribution < -0.4 is 0 Å². The Hall–Kier alpha value is -1.11. The average Bonchev–Trinajstić information content (AvgIpc) is 2.82. The van der Waals surface area contributed by atoms with E-state index in [0.29, 0.717) is 43.0 Å². The van der Waals surface area contributed by atoms with E-state index in [0.717, 1.165) is 0 Å². The highest BCUT2D eigenvalue weighted by Gasteiger charge is 2.31. The van der Waals surface area contributed by atoms with Gasteiger partial charge in [0.05, 0.1) is 5.60 Å². The van der Waals surface area contributed by atoms with E-state index < -0.39 is 5.60 Å². The lowest BCUT2D eigenvalue weighted by Crippen LogP contribution is -2.47. The van der Waals surface area contributed by atoms with Gasteiger partial charge in [0.15, 0.2) is 4.67 Å². The molecule has 110 valence electrons. The summed E-state index contributed by atoms with van der Waals surface area (Å²) in [5, 5.41) is 10.4. The Balaban J connectivity index is 1.90. The van der Waals surface area contributed by atoms with Crippen LogP contribution in [0.5, 0.6) is 0 Å². The summed E-state index contributed by atoms with van der Waals surface area (Å²) >= 11 is 3.20. The fourth-order valence-corrected chi connectivity index (χ4v) is 2.45. The molecule has 0 atom stereocenters. The van der Waals surface area contributed by atoms with Crippen LogP contribution in [0.15, 0.2) is 27.3 Å². The minimum Gasteiger partial charge on any atom is -0.450 e. The van der Waals surface area contributed by atoms with Gasteiger partial charge in [-0.2, -0.15) is 0 Å². The monoisotopic (exact) mass is 343 g/mol. The molecule has 5 nitrogen and oxygen atoms in total. The van der Waals surface area contributed by atoms with Gasteiger partial charge >= 0.3 is 0 Å². The summed E-state index contributed by atoms with van der Waals surface area (Å²) < 4.78 is 11.1. The molecule has 1 aliphatic heterocycles. The van der Waals surface area contributed by atoms with Crippen LogP contribution in [-0.2, 0) is 9.53 Å². The van der Waals surface area contributed by atoms with Crippen molar-refractivity contribution in [1.29, 1.82) is 0 Å². The van der Waals surface area contributed by atoms with Crippen LogP contribution in [0.3, 0.4) is 0 Å². The van der Waals surface area contributed by atoms with Gasteiger partial charge in [-0.15, -0.1) is 0 Å². The smallest absolute Gasteiger partial charge is 0.246 e. The molecule has 0 unspecified atom stereocenters. The highest BCUT2D eigenvalue weighted by Crippen LogP contribution is 2.21. The number of hydrogen-bond donors (Lipinski definition) is 1. The van der Waals surface area contributed by atoms with Crippen molar-refractivity contribution in [2.24, 2.45) is 0 Å². The summed E-state index contributed by atoms with van der Waals surface area (Å²) in [6.07, 6.45) is 4.16. The summed E-state index contributed by atoms with van der Waals surface area (Å²) in [6.45, 7) is 1.38. The second-order valence-corrected chi connectivity index (χ2v) is 5.79. The Bertz CT molecular complexity index is 491. The lowest BCUT2D eigenvalue weighted by molar-refractivity contribution is -0.131. The average molecular weight is 344 g/mol. The van der Waals surface area contributed by atoms with E-state index in [4.69, 9.17) is 9.15 Å². The third kappa shape index (κ3) is 4.19. The van der Waals surface area contributed by atoms with Crippen LogP contribution >= 0.6 is 15.9 Å². The molecule has 6 heteroatoms.